The number of morpholine rings is 1. The second kappa shape index (κ2) is 10.6. The zero-order valence-electron chi connectivity index (χ0n) is 17.2. The highest BCUT2D eigenvalue weighted by Crippen LogP contribution is 2.33. The third-order valence-electron chi connectivity index (χ3n) is 4.78. The summed E-state index contributed by atoms with van der Waals surface area (Å²) >= 11 is 0. The molecule has 2 rings (SSSR count). The minimum Gasteiger partial charge on any atom is -0.370 e. The van der Waals surface area contributed by atoms with Crippen molar-refractivity contribution in [2.45, 2.75) is 33.2 Å². The molecule has 0 radical (unpaired) electrons. The van der Waals surface area contributed by atoms with Crippen LogP contribution in [0, 0.1) is 5.92 Å². The molecule has 0 aromatic heterocycles. The molecule has 9 heteroatoms. The van der Waals surface area contributed by atoms with Crippen LogP contribution in [-0.4, -0.2) is 62.1 Å². The first-order valence-corrected chi connectivity index (χ1v) is 9.83. The van der Waals surface area contributed by atoms with E-state index in [4.69, 9.17) is 10.5 Å². The standard InChI is InChI=1S/C20H30F2N4O3/c1-4-25(11-13(2)3)17(10-23)20(28)24-14-5-6-16(15(9-14)19(21)22)26-7-8-29-12-18(26)27/h5-6,9,13,17,19H,4,7-8,10-12,23H2,1-3H3,(H,24,28)/t17-/m1/s1. The molecule has 1 aliphatic rings. The van der Waals surface area contributed by atoms with Gasteiger partial charge >= 0.3 is 0 Å². The number of likely N-dealkylation sites (N-methyl/N-ethyl adjacent to an activating group) is 1. The smallest absolute Gasteiger partial charge is 0.265 e. The fraction of sp³-hybridized carbons (Fsp3) is 0.600. The molecule has 2 amide bonds. The summed E-state index contributed by atoms with van der Waals surface area (Å²) in [5, 5.41) is 2.70. The zero-order chi connectivity index (χ0) is 21.6. The van der Waals surface area contributed by atoms with Gasteiger partial charge in [-0.1, -0.05) is 20.8 Å². The molecule has 0 unspecified atom stereocenters. The van der Waals surface area contributed by atoms with Crippen molar-refractivity contribution in [3.63, 3.8) is 0 Å². The van der Waals surface area contributed by atoms with E-state index in [1.165, 1.54) is 23.1 Å². The highest BCUT2D eigenvalue weighted by atomic mass is 19.3. The number of rotatable bonds is 9. The Morgan fingerprint density at radius 2 is 2.10 bits per heavy atom. The van der Waals surface area contributed by atoms with Gasteiger partial charge in [0.25, 0.3) is 12.3 Å². The second-order valence-electron chi connectivity index (χ2n) is 7.39. The summed E-state index contributed by atoms with van der Waals surface area (Å²) < 4.78 is 32.4. The van der Waals surface area contributed by atoms with Crippen molar-refractivity contribution in [3.8, 4) is 0 Å². The molecule has 29 heavy (non-hydrogen) atoms. The predicted octanol–water partition coefficient (Wildman–Crippen LogP) is 2.23. The molecule has 1 aromatic carbocycles. The normalized spacial score (nSPS) is 16.0. The number of hydrogen-bond acceptors (Lipinski definition) is 5. The van der Waals surface area contributed by atoms with Crippen LogP contribution in [0.25, 0.3) is 0 Å². The minimum absolute atomic E-state index is 0.120. The van der Waals surface area contributed by atoms with Crippen molar-refractivity contribution >= 4 is 23.2 Å². The van der Waals surface area contributed by atoms with E-state index < -0.39 is 12.5 Å². The van der Waals surface area contributed by atoms with Crippen molar-refractivity contribution in [2.75, 3.05) is 49.6 Å². The fourth-order valence-corrected chi connectivity index (χ4v) is 3.42. The Kier molecular flexibility index (Phi) is 8.48. The average molecular weight is 412 g/mol. The van der Waals surface area contributed by atoms with E-state index in [1.54, 1.807) is 0 Å². The Hall–Kier alpha value is -2.10. The molecular weight excluding hydrogens is 382 g/mol. The van der Waals surface area contributed by atoms with Crippen molar-refractivity contribution in [3.05, 3.63) is 23.8 Å². The SMILES string of the molecule is CCN(CC(C)C)[C@H](CN)C(=O)Nc1ccc(N2CCOCC2=O)c(C(F)F)c1. The number of halogens is 2. The molecule has 1 aromatic rings. The number of anilines is 2. The summed E-state index contributed by atoms with van der Waals surface area (Å²) in [5.74, 6) is -0.358. The highest BCUT2D eigenvalue weighted by Gasteiger charge is 2.27. The van der Waals surface area contributed by atoms with Crippen LogP contribution < -0.4 is 16.0 Å². The summed E-state index contributed by atoms with van der Waals surface area (Å²) in [6.45, 7) is 7.87. The number of nitrogens with zero attached hydrogens (tertiary/aromatic N) is 2. The lowest BCUT2D eigenvalue weighted by Crippen LogP contribution is -2.49. The lowest BCUT2D eigenvalue weighted by Gasteiger charge is -2.31. The number of hydrogen-bond donors (Lipinski definition) is 2. The van der Waals surface area contributed by atoms with Gasteiger partial charge in [0.2, 0.25) is 5.91 Å². The summed E-state index contributed by atoms with van der Waals surface area (Å²) in [6.07, 6.45) is -2.80. The predicted molar refractivity (Wildman–Crippen MR) is 108 cm³/mol. The van der Waals surface area contributed by atoms with Crippen molar-refractivity contribution < 1.29 is 23.1 Å². The molecule has 1 aliphatic heterocycles. The lowest BCUT2D eigenvalue weighted by atomic mass is 10.1. The molecule has 0 bridgehead atoms. The van der Waals surface area contributed by atoms with Crippen LogP contribution >= 0.6 is 0 Å². The van der Waals surface area contributed by atoms with E-state index in [-0.39, 0.29) is 55.1 Å². The average Bonchev–Trinajstić information content (AvgIpc) is 2.68. The molecule has 0 aliphatic carbocycles. The number of amides is 2. The van der Waals surface area contributed by atoms with Crippen molar-refractivity contribution in [2.24, 2.45) is 11.7 Å². The Bertz CT molecular complexity index is 715. The van der Waals surface area contributed by atoms with E-state index in [9.17, 15) is 18.4 Å². The van der Waals surface area contributed by atoms with Gasteiger partial charge in [0.15, 0.2) is 0 Å². The molecule has 1 fully saturated rings. The Morgan fingerprint density at radius 3 is 2.66 bits per heavy atom. The first-order chi connectivity index (χ1) is 13.8. The van der Waals surface area contributed by atoms with Crippen LogP contribution in [-0.2, 0) is 14.3 Å². The van der Waals surface area contributed by atoms with Crippen molar-refractivity contribution in [1.29, 1.82) is 0 Å². The van der Waals surface area contributed by atoms with Gasteiger partial charge in [-0.2, -0.15) is 0 Å². The van der Waals surface area contributed by atoms with Gasteiger partial charge in [-0.05, 0) is 30.7 Å². The van der Waals surface area contributed by atoms with Crippen LogP contribution in [0.3, 0.4) is 0 Å². The van der Waals surface area contributed by atoms with E-state index >= 15 is 0 Å². The van der Waals surface area contributed by atoms with Crippen molar-refractivity contribution in [1.82, 2.24) is 4.90 Å². The van der Waals surface area contributed by atoms with Crippen LogP contribution in [0.4, 0.5) is 20.2 Å². The van der Waals surface area contributed by atoms with Crippen LogP contribution in [0.15, 0.2) is 18.2 Å². The molecular formula is C20H30F2N4O3. The van der Waals surface area contributed by atoms with E-state index in [0.717, 1.165) is 0 Å². The maximum absolute atomic E-state index is 13.7. The second-order valence-corrected chi connectivity index (χ2v) is 7.39. The number of nitrogens with one attached hydrogen (secondary N) is 1. The molecule has 162 valence electrons. The highest BCUT2D eigenvalue weighted by molar-refractivity contribution is 5.97. The van der Waals surface area contributed by atoms with E-state index in [2.05, 4.69) is 19.2 Å². The molecule has 0 spiro atoms. The Morgan fingerprint density at radius 1 is 1.38 bits per heavy atom. The Balaban J connectivity index is 2.22. The molecule has 7 nitrogen and oxygen atoms in total. The van der Waals surface area contributed by atoms with Crippen LogP contribution in [0.2, 0.25) is 0 Å². The van der Waals surface area contributed by atoms with Gasteiger partial charge in [0, 0.05) is 30.9 Å². The summed E-state index contributed by atoms with van der Waals surface area (Å²) in [6, 6.07) is 3.61. The molecule has 3 N–H and O–H groups in total. The van der Waals surface area contributed by atoms with Gasteiger partial charge < -0.3 is 20.7 Å². The first kappa shape index (κ1) is 23.2. The quantitative estimate of drug-likeness (QED) is 0.650. The lowest BCUT2D eigenvalue weighted by molar-refractivity contribution is -0.125. The summed E-state index contributed by atoms with van der Waals surface area (Å²) in [4.78, 5) is 28.0. The third kappa shape index (κ3) is 5.94. The molecule has 1 atom stereocenters. The van der Waals surface area contributed by atoms with E-state index in [1.807, 2.05) is 11.8 Å². The van der Waals surface area contributed by atoms with Crippen LogP contribution in [0.1, 0.15) is 32.8 Å². The number of benzene rings is 1. The number of carbonyl (C=O) groups is 2. The Labute approximate surface area is 170 Å². The number of nitrogens with two attached hydrogens (primary N) is 1. The van der Waals surface area contributed by atoms with E-state index in [0.29, 0.717) is 19.0 Å². The topological polar surface area (TPSA) is 87.9 Å². The maximum atomic E-state index is 13.7. The van der Waals surface area contributed by atoms with Gasteiger partial charge in [0.1, 0.15) is 12.6 Å². The largest absolute Gasteiger partial charge is 0.370 e. The fourth-order valence-electron chi connectivity index (χ4n) is 3.42. The van der Waals surface area contributed by atoms with Crippen LogP contribution in [0.5, 0.6) is 0 Å². The van der Waals surface area contributed by atoms with Gasteiger partial charge in [0.05, 0.1) is 12.3 Å². The van der Waals surface area contributed by atoms with Gasteiger partial charge in [-0.3, -0.25) is 14.5 Å². The summed E-state index contributed by atoms with van der Waals surface area (Å²) in [5.41, 5.74) is 5.89. The molecule has 1 heterocycles. The number of alkyl halides is 2. The maximum Gasteiger partial charge on any atom is 0.265 e. The third-order valence-corrected chi connectivity index (χ3v) is 4.78. The van der Waals surface area contributed by atoms with Gasteiger partial charge in [-0.15, -0.1) is 0 Å². The number of ether oxygens (including phenoxy) is 1. The number of carbonyl (C=O) groups excluding carboxylic acids is 2. The minimum atomic E-state index is -2.80. The first-order valence-electron chi connectivity index (χ1n) is 9.83. The zero-order valence-corrected chi connectivity index (χ0v) is 17.2. The molecule has 0 saturated carbocycles. The molecule has 1 saturated heterocycles. The van der Waals surface area contributed by atoms with Gasteiger partial charge in [-0.25, -0.2) is 8.78 Å². The summed E-state index contributed by atoms with van der Waals surface area (Å²) in [7, 11) is 0. The monoisotopic (exact) mass is 412 g/mol.